The summed E-state index contributed by atoms with van der Waals surface area (Å²) < 4.78 is 7.38. The number of benzene rings is 1. The highest BCUT2D eigenvalue weighted by atomic mass is 16.5. The van der Waals surface area contributed by atoms with E-state index >= 15 is 0 Å². The molecule has 29 heavy (non-hydrogen) atoms. The highest BCUT2D eigenvalue weighted by Gasteiger charge is 2.29. The zero-order valence-corrected chi connectivity index (χ0v) is 18.6. The lowest BCUT2D eigenvalue weighted by Gasteiger charge is -2.23. The molecule has 0 radical (unpaired) electrons. The second-order valence-electron chi connectivity index (χ2n) is 8.09. The monoisotopic (exact) mass is 397 g/mol. The molecule has 1 aliphatic rings. The summed E-state index contributed by atoms with van der Waals surface area (Å²) in [6.45, 7) is 6.45. The van der Waals surface area contributed by atoms with Gasteiger partial charge in [0.15, 0.2) is 0 Å². The first-order chi connectivity index (χ1) is 14.1. The van der Waals surface area contributed by atoms with E-state index in [1.54, 1.807) is 0 Å². The number of nitrogens with zero attached hydrogens (tertiary/aromatic N) is 3. The fourth-order valence-corrected chi connectivity index (χ4v) is 4.77. The molecule has 5 nitrogen and oxygen atoms in total. The first-order valence-electron chi connectivity index (χ1n) is 11.0. The van der Waals surface area contributed by atoms with Crippen molar-refractivity contribution in [3.63, 3.8) is 0 Å². The standard InChI is InChI=1S/C24H35N3O2/c1-6-8-11-17(10-7-2)21-19-13-12-18(24(28)29-5)16-20(19)27-15-9-14-26(4)23(25-3)22(21)27/h12-13,16-17H,6-11,14-15H2,1-5H3. The summed E-state index contributed by atoms with van der Waals surface area (Å²) in [5.74, 6) is 1.28. The first-order valence-corrected chi connectivity index (χ1v) is 11.0. The summed E-state index contributed by atoms with van der Waals surface area (Å²) in [6, 6.07) is 6.04. The predicted octanol–water partition coefficient (Wildman–Crippen LogP) is 5.21. The van der Waals surface area contributed by atoms with Crippen molar-refractivity contribution >= 4 is 22.7 Å². The zero-order chi connectivity index (χ0) is 21.0. The molecule has 1 aromatic heterocycles. The molecule has 0 bridgehead atoms. The number of carbonyl (C=O) groups is 1. The van der Waals surface area contributed by atoms with Crippen molar-refractivity contribution in [1.29, 1.82) is 0 Å². The lowest BCUT2D eigenvalue weighted by molar-refractivity contribution is 0.0601. The molecular formula is C24H35N3O2. The van der Waals surface area contributed by atoms with Crippen LogP contribution in [0.2, 0.25) is 0 Å². The number of rotatable bonds is 7. The molecule has 5 heteroatoms. The van der Waals surface area contributed by atoms with Crippen LogP contribution in [-0.2, 0) is 11.3 Å². The quantitative estimate of drug-likeness (QED) is 0.602. The van der Waals surface area contributed by atoms with E-state index in [9.17, 15) is 4.79 Å². The Balaban J connectivity index is 2.31. The van der Waals surface area contributed by atoms with Crippen molar-refractivity contribution in [3.8, 4) is 0 Å². The van der Waals surface area contributed by atoms with Crippen molar-refractivity contribution in [2.75, 3.05) is 27.7 Å². The molecule has 158 valence electrons. The van der Waals surface area contributed by atoms with E-state index < -0.39 is 0 Å². The molecule has 3 rings (SSSR count). The molecule has 0 spiro atoms. The Labute approximate surface area is 174 Å². The van der Waals surface area contributed by atoms with Crippen LogP contribution < -0.4 is 0 Å². The molecule has 1 aromatic carbocycles. The van der Waals surface area contributed by atoms with E-state index in [2.05, 4.69) is 36.4 Å². The van der Waals surface area contributed by atoms with Gasteiger partial charge in [-0.1, -0.05) is 39.2 Å². The van der Waals surface area contributed by atoms with Crippen molar-refractivity contribution in [3.05, 3.63) is 35.0 Å². The van der Waals surface area contributed by atoms with Gasteiger partial charge in [0.1, 0.15) is 5.84 Å². The largest absolute Gasteiger partial charge is 0.465 e. The van der Waals surface area contributed by atoms with Crippen LogP contribution in [-0.4, -0.2) is 49.0 Å². The van der Waals surface area contributed by atoms with Gasteiger partial charge in [0.05, 0.1) is 18.4 Å². The van der Waals surface area contributed by atoms with Crippen molar-refractivity contribution in [1.82, 2.24) is 9.47 Å². The van der Waals surface area contributed by atoms with Gasteiger partial charge in [-0.25, -0.2) is 4.79 Å². The molecular weight excluding hydrogens is 362 g/mol. The maximum Gasteiger partial charge on any atom is 0.337 e. The summed E-state index contributed by atoms with van der Waals surface area (Å²) in [6.07, 6.45) is 7.01. The molecule has 1 aliphatic heterocycles. The van der Waals surface area contributed by atoms with Crippen molar-refractivity contribution < 1.29 is 9.53 Å². The molecule has 0 saturated heterocycles. The summed E-state index contributed by atoms with van der Waals surface area (Å²) in [7, 11) is 5.47. The number of esters is 1. The Morgan fingerprint density at radius 3 is 2.66 bits per heavy atom. The van der Waals surface area contributed by atoms with E-state index in [0.29, 0.717) is 11.5 Å². The molecule has 1 atom stereocenters. The van der Waals surface area contributed by atoms with Gasteiger partial charge in [0.2, 0.25) is 0 Å². The SMILES string of the molecule is CCCCC(CCC)c1c2n(c3cc(C(=O)OC)ccc13)CCCN(C)C2=NC. The van der Waals surface area contributed by atoms with Gasteiger partial charge >= 0.3 is 5.97 Å². The van der Waals surface area contributed by atoms with E-state index in [0.717, 1.165) is 37.3 Å². The maximum absolute atomic E-state index is 12.2. The molecule has 1 unspecified atom stereocenters. The van der Waals surface area contributed by atoms with Crippen LogP contribution in [0.3, 0.4) is 0 Å². The third kappa shape index (κ3) is 4.05. The second kappa shape index (κ2) is 9.47. The third-order valence-electron chi connectivity index (χ3n) is 6.14. The number of aliphatic imine (C=N–C) groups is 1. The molecule has 2 heterocycles. The van der Waals surface area contributed by atoms with Crippen LogP contribution in [0.15, 0.2) is 23.2 Å². The lowest BCUT2D eigenvalue weighted by Crippen LogP contribution is -2.28. The summed E-state index contributed by atoms with van der Waals surface area (Å²) in [4.78, 5) is 19.2. The normalized spacial score (nSPS) is 16.7. The average Bonchev–Trinajstić information content (AvgIpc) is 2.94. The molecule has 0 N–H and O–H groups in total. The number of hydrogen-bond donors (Lipinski definition) is 0. The predicted molar refractivity (Wildman–Crippen MR) is 120 cm³/mol. The first kappa shape index (κ1) is 21.4. The third-order valence-corrected chi connectivity index (χ3v) is 6.14. The number of fused-ring (bicyclic) bond motifs is 3. The Kier molecular flexibility index (Phi) is 6.99. The van der Waals surface area contributed by atoms with Crippen molar-refractivity contribution in [2.24, 2.45) is 4.99 Å². The van der Waals surface area contributed by atoms with Crippen LogP contribution >= 0.6 is 0 Å². The minimum atomic E-state index is -0.282. The van der Waals surface area contributed by atoms with Gasteiger partial charge in [-0.05, 0) is 42.9 Å². The number of unbranched alkanes of at least 4 members (excludes halogenated alkanes) is 1. The number of hydrogen-bond acceptors (Lipinski definition) is 3. The highest BCUT2D eigenvalue weighted by Crippen LogP contribution is 2.39. The molecule has 2 aromatic rings. The maximum atomic E-state index is 12.2. The summed E-state index contributed by atoms with van der Waals surface area (Å²) in [5.41, 5.74) is 4.41. The van der Waals surface area contributed by atoms with Crippen molar-refractivity contribution in [2.45, 2.75) is 64.8 Å². The van der Waals surface area contributed by atoms with E-state index in [1.165, 1.54) is 49.4 Å². The highest BCUT2D eigenvalue weighted by molar-refractivity contribution is 6.06. The smallest absolute Gasteiger partial charge is 0.337 e. The van der Waals surface area contributed by atoms with E-state index in [4.69, 9.17) is 9.73 Å². The van der Waals surface area contributed by atoms with E-state index in [1.807, 2.05) is 19.2 Å². The number of amidine groups is 1. The number of methoxy groups -OCH3 is 1. The number of ether oxygens (including phenoxy) is 1. The number of aryl methyl sites for hydroxylation is 1. The minimum absolute atomic E-state index is 0.282. The number of carbonyl (C=O) groups excluding carboxylic acids is 1. The Morgan fingerprint density at radius 1 is 1.21 bits per heavy atom. The van der Waals surface area contributed by atoms with Gasteiger partial charge < -0.3 is 14.2 Å². The summed E-state index contributed by atoms with van der Waals surface area (Å²) in [5, 5.41) is 1.26. The lowest BCUT2D eigenvalue weighted by atomic mass is 9.87. The Hall–Kier alpha value is -2.30. The van der Waals surface area contributed by atoms with Gasteiger partial charge in [0.25, 0.3) is 0 Å². The number of aromatic nitrogens is 1. The fraction of sp³-hybridized carbons (Fsp3) is 0.583. The van der Waals surface area contributed by atoms with Gasteiger partial charge in [-0.2, -0.15) is 0 Å². The molecule has 0 fully saturated rings. The van der Waals surface area contributed by atoms with Crippen LogP contribution in [0.5, 0.6) is 0 Å². The molecule has 0 amide bonds. The second-order valence-corrected chi connectivity index (χ2v) is 8.09. The van der Waals surface area contributed by atoms with Gasteiger partial charge in [0, 0.05) is 38.1 Å². The average molecular weight is 398 g/mol. The molecule has 0 aliphatic carbocycles. The van der Waals surface area contributed by atoms with E-state index in [-0.39, 0.29) is 5.97 Å². The summed E-state index contributed by atoms with van der Waals surface area (Å²) >= 11 is 0. The van der Waals surface area contributed by atoms with Gasteiger partial charge in [-0.15, -0.1) is 0 Å². The Bertz CT molecular complexity index is 897. The van der Waals surface area contributed by atoms with Crippen LogP contribution in [0, 0.1) is 0 Å². The van der Waals surface area contributed by atoms with Gasteiger partial charge in [-0.3, -0.25) is 4.99 Å². The molecule has 0 saturated carbocycles. The fourth-order valence-electron chi connectivity index (χ4n) is 4.77. The Morgan fingerprint density at radius 2 is 2.00 bits per heavy atom. The minimum Gasteiger partial charge on any atom is -0.465 e. The van der Waals surface area contributed by atoms with Crippen LogP contribution in [0.1, 0.15) is 79.9 Å². The van der Waals surface area contributed by atoms with Crippen LogP contribution in [0.25, 0.3) is 10.9 Å². The zero-order valence-electron chi connectivity index (χ0n) is 18.6. The van der Waals surface area contributed by atoms with Crippen LogP contribution in [0.4, 0.5) is 0 Å². The topological polar surface area (TPSA) is 46.8 Å².